The molecule has 1 fully saturated rings. The summed E-state index contributed by atoms with van der Waals surface area (Å²) < 4.78 is 8.61. The minimum absolute atomic E-state index is 0.00925. The number of benzene rings is 2. The number of Topliss-reactive ketones (excluding diaryl/α,β-unsaturated/α-hetero) is 1. The third-order valence-corrected chi connectivity index (χ3v) is 8.20. The molecule has 0 amide bonds. The predicted molar refractivity (Wildman–Crippen MR) is 162 cm³/mol. The van der Waals surface area contributed by atoms with E-state index >= 15 is 0 Å². The summed E-state index contributed by atoms with van der Waals surface area (Å²) in [5, 5.41) is 15.2. The van der Waals surface area contributed by atoms with E-state index in [-0.39, 0.29) is 17.2 Å². The van der Waals surface area contributed by atoms with Gasteiger partial charge in [0.2, 0.25) is 0 Å². The molecule has 4 rings (SSSR count). The van der Waals surface area contributed by atoms with Crippen molar-refractivity contribution in [2.45, 2.75) is 92.3 Å². The molecule has 0 spiro atoms. The van der Waals surface area contributed by atoms with Gasteiger partial charge in [0.05, 0.1) is 11.5 Å². The number of aliphatic carboxylic acids is 1. The van der Waals surface area contributed by atoms with Gasteiger partial charge in [-0.05, 0) is 99.9 Å². The largest absolute Gasteiger partial charge is 0.481 e. The number of ether oxygens (including phenoxy) is 1. The molecule has 2 N–H and O–H groups in total. The fraction of sp³-hybridized carbons (Fsp3) is 0.515. The maximum Gasteiger partial charge on any atom is 0.309 e. The van der Waals surface area contributed by atoms with Crippen LogP contribution in [0.4, 0.5) is 0 Å². The van der Waals surface area contributed by atoms with Crippen molar-refractivity contribution in [1.29, 1.82) is 0 Å². The van der Waals surface area contributed by atoms with E-state index in [2.05, 4.69) is 36.7 Å². The number of halogens is 1. The van der Waals surface area contributed by atoms with E-state index in [9.17, 15) is 14.7 Å². The van der Waals surface area contributed by atoms with Crippen molar-refractivity contribution in [1.82, 2.24) is 9.88 Å². The highest BCUT2D eigenvalue weighted by atomic mass is 35.5. The number of carbonyl (C=O) groups excluding carboxylic acids is 1. The van der Waals surface area contributed by atoms with Crippen molar-refractivity contribution in [2.75, 3.05) is 6.54 Å². The molecule has 7 heteroatoms. The lowest BCUT2D eigenvalue weighted by atomic mass is 9.84. The fourth-order valence-corrected chi connectivity index (χ4v) is 5.65. The van der Waals surface area contributed by atoms with Gasteiger partial charge in [-0.3, -0.25) is 9.59 Å². The van der Waals surface area contributed by atoms with Crippen molar-refractivity contribution < 1.29 is 19.4 Å². The highest BCUT2D eigenvalue weighted by Gasteiger charge is 2.33. The molecule has 6 nitrogen and oxygen atoms in total. The maximum atomic E-state index is 12.6. The van der Waals surface area contributed by atoms with Crippen LogP contribution in [0.15, 0.2) is 42.5 Å². The van der Waals surface area contributed by atoms with Crippen LogP contribution in [-0.2, 0) is 29.0 Å². The number of carbonyl (C=O) groups is 2. The lowest BCUT2D eigenvalue weighted by molar-refractivity contribution is -0.146. The Hall–Kier alpha value is -2.83. The van der Waals surface area contributed by atoms with E-state index in [1.807, 2.05) is 36.4 Å². The molecule has 2 atom stereocenters. The fourth-order valence-electron chi connectivity index (χ4n) is 5.52. The van der Waals surface area contributed by atoms with Crippen LogP contribution in [-0.4, -0.2) is 40.1 Å². The zero-order chi connectivity index (χ0) is 29.2. The van der Waals surface area contributed by atoms with Crippen LogP contribution >= 0.6 is 11.6 Å². The number of nitrogens with zero attached hydrogens (tertiary/aromatic N) is 1. The Bertz CT molecular complexity index is 1360. The van der Waals surface area contributed by atoms with Gasteiger partial charge >= 0.3 is 5.97 Å². The first-order valence-corrected chi connectivity index (χ1v) is 14.7. The number of hydrogen-bond acceptors (Lipinski definition) is 4. The molecule has 0 aliphatic carbocycles. The van der Waals surface area contributed by atoms with E-state index in [0.29, 0.717) is 23.7 Å². The van der Waals surface area contributed by atoms with Crippen LogP contribution < -0.4 is 10.1 Å². The Morgan fingerprint density at radius 2 is 1.82 bits per heavy atom. The van der Waals surface area contributed by atoms with Crippen molar-refractivity contribution in [3.8, 4) is 5.75 Å². The number of carboxylic acids is 1. The van der Waals surface area contributed by atoms with Crippen LogP contribution in [0.5, 0.6) is 5.75 Å². The molecule has 1 unspecified atom stereocenters. The molecule has 2 heterocycles. The van der Waals surface area contributed by atoms with E-state index in [4.69, 9.17) is 16.3 Å². The standard InChI is InChI=1S/C33H43ClN2O4/c1-21(37)30(27-8-7-17-35-27)40-24-13-14-28-26(18-24)25(15-16-32(2,3)4)29(19-33(5,6)31(38)39)36(28)20-22-9-11-23(34)12-10-22/h9-14,18,27,30,35H,7-8,15-17,19-20H2,1-6H3,(H,38,39)/t27?,30-/m1/s1. The summed E-state index contributed by atoms with van der Waals surface area (Å²) in [6.07, 6.45) is 3.55. The van der Waals surface area contributed by atoms with Gasteiger partial charge in [-0.1, -0.05) is 44.5 Å². The predicted octanol–water partition coefficient (Wildman–Crippen LogP) is 7.06. The highest BCUT2D eigenvalue weighted by Crippen LogP contribution is 2.37. The van der Waals surface area contributed by atoms with Crippen LogP contribution in [0, 0.1) is 10.8 Å². The normalized spacial score (nSPS) is 16.8. The lowest BCUT2D eigenvalue weighted by Crippen LogP contribution is -2.43. The molecule has 40 heavy (non-hydrogen) atoms. The molecule has 216 valence electrons. The Morgan fingerprint density at radius 3 is 2.40 bits per heavy atom. The zero-order valence-corrected chi connectivity index (χ0v) is 25.4. The second-order valence-electron chi connectivity index (χ2n) is 13.1. The number of nitrogens with one attached hydrogen (secondary N) is 1. The first kappa shape index (κ1) is 30.1. The topological polar surface area (TPSA) is 80.6 Å². The average molecular weight is 567 g/mol. The monoisotopic (exact) mass is 566 g/mol. The van der Waals surface area contributed by atoms with Gasteiger partial charge in [0.1, 0.15) is 5.75 Å². The van der Waals surface area contributed by atoms with Gasteiger partial charge in [-0.2, -0.15) is 0 Å². The minimum Gasteiger partial charge on any atom is -0.481 e. The Kier molecular flexibility index (Phi) is 9.01. The number of ketones is 1. The van der Waals surface area contributed by atoms with E-state index < -0.39 is 17.5 Å². The molecular formula is C33H43ClN2O4. The van der Waals surface area contributed by atoms with Gasteiger partial charge in [-0.15, -0.1) is 0 Å². The number of aryl methyl sites for hydroxylation is 1. The van der Waals surface area contributed by atoms with Crippen molar-refractivity contribution in [2.24, 2.45) is 10.8 Å². The first-order chi connectivity index (χ1) is 18.7. The number of aromatic nitrogens is 1. The molecular weight excluding hydrogens is 524 g/mol. The average Bonchev–Trinajstić information content (AvgIpc) is 3.49. The Morgan fingerprint density at radius 1 is 1.12 bits per heavy atom. The van der Waals surface area contributed by atoms with Crippen LogP contribution in [0.1, 0.15) is 77.6 Å². The van der Waals surface area contributed by atoms with Crippen molar-refractivity contribution in [3.05, 3.63) is 64.3 Å². The van der Waals surface area contributed by atoms with Gasteiger partial charge in [-0.25, -0.2) is 0 Å². The minimum atomic E-state index is -0.949. The molecule has 0 radical (unpaired) electrons. The molecule has 0 saturated carbocycles. The molecule has 2 aromatic carbocycles. The summed E-state index contributed by atoms with van der Waals surface area (Å²) in [4.78, 5) is 24.8. The lowest BCUT2D eigenvalue weighted by Gasteiger charge is -2.23. The van der Waals surface area contributed by atoms with Gasteiger partial charge < -0.3 is 19.7 Å². The highest BCUT2D eigenvalue weighted by molar-refractivity contribution is 6.30. The van der Waals surface area contributed by atoms with Crippen LogP contribution in [0.2, 0.25) is 5.02 Å². The summed E-state index contributed by atoms with van der Waals surface area (Å²) in [6.45, 7) is 13.3. The molecule has 1 aromatic heterocycles. The summed E-state index contributed by atoms with van der Waals surface area (Å²) >= 11 is 6.16. The van der Waals surface area contributed by atoms with E-state index in [1.54, 1.807) is 20.8 Å². The smallest absolute Gasteiger partial charge is 0.309 e. The van der Waals surface area contributed by atoms with Gasteiger partial charge in [0.25, 0.3) is 0 Å². The van der Waals surface area contributed by atoms with E-state index in [1.165, 1.54) is 0 Å². The number of rotatable bonds is 11. The maximum absolute atomic E-state index is 12.6. The number of fused-ring (bicyclic) bond motifs is 1. The Balaban J connectivity index is 1.86. The summed E-state index contributed by atoms with van der Waals surface area (Å²) in [5.41, 5.74) is 3.45. The third-order valence-electron chi connectivity index (χ3n) is 7.95. The van der Waals surface area contributed by atoms with Crippen LogP contribution in [0.3, 0.4) is 0 Å². The molecule has 1 saturated heterocycles. The van der Waals surface area contributed by atoms with Gasteiger partial charge in [0, 0.05) is 34.6 Å². The molecule has 3 aromatic rings. The van der Waals surface area contributed by atoms with E-state index in [0.717, 1.165) is 60.0 Å². The second-order valence-corrected chi connectivity index (χ2v) is 13.5. The first-order valence-electron chi connectivity index (χ1n) is 14.3. The number of hydrogen-bond donors (Lipinski definition) is 2. The third kappa shape index (κ3) is 7.08. The SMILES string of the molecule is CC(=O)[C@@H](Oc1ccc2c(c1)c(CCC(C)(C)C)c(CC(C)(C)C(=O)O)n2Cc1ccc(Cl)cc1)C1CCCN1. The second kappa shape index (κ2) is 12.0. The zero-order valence-electron chi connectivity index (χ0n) is 24.6. The van der Waals surface area contributed by atoms with Gasteiger partial charge in [0.15, 0.2) is 11.9 Å². The summed E-state index contributed by atoms with van der Waals surface area (Å²) in [5.74, 6) is -0.155. The van der Waals surface area contributed by atoms with Crippen molar-refractivity contribution in [3.63, 3.8) is 0 Å². The number of carboxylic acid groups (broad SMARTS) is 1. The quantitative estimate of drug-likeness (QED) is 0.259. The molecule has 1 aliphatic rings. The Labute approximate surface area is 243 Å². The molecule has 0 bridgehead atoms. The summed E-state index contributed by atoms with van der Waals surface area (Å²) in [7, 11) is 0. The summed E-state index contributed by atoms with van der Waals surface area (Å²) in [6, 6.07) is 13.8. The van der Waals surface area contributed by atoms with Crippen molar-refractivity contribution >= 4 is 34.3 Å². The molecule has 1 aliphatic heterocycles. The van der Waals surface area contributed by atoms with Crippen LogP contribution in [0.25, 0.3) is 10.9 Å².